The smallest absolute Gasteiger partial charge is 0.338 e. The third-order valence-electron chi connectivity index (χ3n) is 7.24. The molecule has 240 valence electrons. The number of fused-ring (bicyclic) bond motifs is 1. The molecule has 0 spiro atoms. The standard InChI is InChI=1S/C34H31Cl3N2O6S/c1-5-7-25-30(33(41)44-6-2)31(22-17-21(35)10-13-26(22)42-3)39-32(40)29(46-34(39)38-25)16-19-9-12-27(28(15-19)43-4)45-18-20-8-11-23(36)24(37)14-20/h8-17,31H,5-7,18H2,1-4H3/b29-16+/t31-/m0/s1. The van der Waals surface area contributed by atoms with Gasteiger partial charge in [-0.3, -0.25) is 9.36 Å². The lowest BCUT2D eigenvalue weighted by Crippen LogP contribution is -2.40. The first-order valence-electron chi connectivity index (χ1n) is 14.5. The molecule has 4 aromatic rings. The van der Waals surface area contributed by atoms with Gasteiger partial charge in [0.25, 0.3) is 5.56 Å². The van der Waals surface area contributed by atoms with E-state index >= 15 is 0 Å². The van der Waals surface area contributed by atoms with Crippen molar-refractivity contribution >= 4 is 58.2 Å². The maximum absolute atomic E-state index is 14.2. The molecule has 0 saturated heterocycles. The van der Waals surface area contributed by atoms with E-state index in [0.717, 1.165) is 12.0 Å². The van der Waals surface area contributed by atoms with E-state index in [1.165, 1.54) is 23.0 Å². The molecule has 46 heavy (non-hydrogen) atoms. The van der Waals surface area contributed by atoms with E-state index in [9.17, 15) is 9.59 Å². The van der Waals surface area contributed by atoms with Crippen LogP contribution in [-0.2, 0) is 16.1 Å². The average Bonchev–Trinajstić information content (AvgIpc) is 3.35. The van der Waals surface area contributed by atoms with E-state index in [4.69, 9.17) is 58.7 Å². The molecule has 1 aliphatic heterocycles. The van der Waals surface area contributed by atoms with Crippen LogP contribution in [0.25, 0.3) is 6.08 Å². The molecule has 0 amide bonds. The van der Waals surface area contributed by atoms with Gasteiger partial charge in [-0.1, -0.05) is 71.6 Å². The molecule has 0 aliphatic carbocycles. The zero-order chi connectivity index (χ0) is 33.0. The number of halogens is 3. The molecule has 0 bridgehead atoms. The Labute approximate surface area is 285 Å². The number of thiazole rings is 1. The monoisotopic (exact) mass is 700 g/mol. The van der Waals surface area contributed by atoms with Gasteiger partial charge >= 0.3 is 5.97 Å². The van der Waals surface area contributed by atoms with E-state index in [2.05, 4.69) is 0 Å². The lowest BCUT2D eigenvalue weighted by Gasteiger charge is -2.27. The third-order valence-corrected chi connectivity index (χ3v) is 9.20. The average molecular weight is 702 g/mol. The number of rotatable bonds is 11. The summed E-state index contributed by atoms with van der Waals surface area (Å²) in [5.41, 5.74) is 2.63. The van der Waals surface area contributed by atoms with Crippen molar-refractivity contribution in [2.24, 2.45) is 4.99 Å². The van der Waals surface area contributed by atoms with Gasteiger partial charge in [-0.2, -0.15) is 0 Å². The summed E-state index contributed by atoms with van der Waals surface area (Å²) in [4.78, 5) is 32.9. The molecule has 1 aliphatic rings. The second-order valence-corrected chi connectivity index (χ2v) is 12.5. The highest BCUT2D eigenvalue weighted by Gasteiger charge is 2.36. The Hall–Kier alpha value is -3.76. The van der Waals surface area contributed by atoms with Crippen molar-refractivity contribution in [3.8, 4) is 17.2 Å². The van der Waals surface area contributed by atoms with Gasteiger partial charge < -0.3 is 18.9 Å². The normalized spacial score (nSPS) is 14.5. The quantitative estimate of drug-likeness (QED) is 0.155. The van der Waals surface area contributed by atoms with Crippen LogP contribution in [0.4, 0.5) is 0 Å². The largest absolute Gasteiger partial charge is 0.496 e. The summed E-state index contributed by atoms with van der Waals surface area (Å²) in [6, 6.07) is 14.9. The van der Waals surface area contributed by atoms with Crippen molar-refractivity contribution in [2.45, 2.75) is 39.3 Å². The maximum atomic E-state index is 14.2. The molecule has 0 saturated carbocycles. The number of nitrogens with zero attached hydrogens (tertiary/aromatic N) is 2. The number of carbonyl (C=O) groups excluding carboxylic acids is 1. The number of hydrogen-bond acceptors (Lipinski definition) is 8. The van der Waals surface area contributed by atoms with Crippen molar-refractivity contribution < 1.29 is 23.7 Å². The van der Waals surface area contributed by atoms with E-state index in [1.807, 2.05) is 19.1 Å². The van der Waals surface area contributed by atoms with Gasteiger partial charge in [0.05, 0.1) is 46.7 Å². The van der Waals surface area contributed by atoms with Crippen LogP contribution in [0.1, 0.15) is 49.4 Å². The van der Waals surface area contributed by atoms with Gasteiger partial charge in [0.1, 0.15) is 18.4 Å². The molecule has 3 aromatic carbocycles. The SMILES string of the molecule is CCCC1=C(C(=O)OCC)[C@H](c2cc(Cl)ccc2OC)n2c(s/c(=C/c3ccc(OCc4ccc(Cl)c(Cl)c4)c(OC)c3)c2=O)=N1. The Kier molecular flexibility index (Phi) is 10.8. The van der Waals surface area contributed by atoms with Crippen molar-refractivity contribution in [3.05, 3.63) is 117 Å². The van der Waals surface area contributed by atoms with Gasteiger partial charge in [-0.15, -0.1) is 0 Å². The number of aromatic nitrogens is 1. The van der Waals surface area contributed by atoms with Crippen molar-refractivity contribution in [3.63, 3.8) is 0 Å². The Morgan fingerprint density at radius 2 is 1.72 bits per heavy atom. The molecule has 5 rings (SSSR count). The predicted molar refractivity (Wildman–Crippen MR) is 181 cm³/mol. The molecule has 0 fully saturated rings. The lowest BCUT2D eigenvalue weighted by molar-refractivity contribution is -0.139. The summed E-state index contributed by atoms with van der Waals surface area (Å²) in [6.07, 6.45) is 3.00. The molecular formula is C34H31Cl3N2O6S. The summed E-state index contributed by atoms with van der Waals surface area (Å²) < 4.78 is 24.7. The Morgan fingerprint density at radius 1 is 0.957 bits per heavy atom. The van der Waals surface area contributed by atoms with E-state index in [1.54, 1.807) is 62.6 Å². The summed E-state index contributed by atoms with van der Waals surface area (Å²) >= 11 is 19.8. The van der Waals surface area contributed by atoms with Crippen LogP contribution in [0, 0.1) is 0 Å². The van der Waals surface area contributed by atoms with Crippen LogP contribution in [0.15, 0.2) is 75.7 Å². The highest BCUT2D eigenvalue weighted by Crippen LogP contribution is 2.38. The number of esters is 1. The summed E-state index contributed by atoms with van der Waals surface area (Å²) in [6.45, 7) is 4.16. The number of allylic oxidation sites excluding steroid dienone is 1. The van der Waals surface area contributed by atoms with Gasteiger partial charge in [-0.05, 0) is 73.0 Å². The molecule has 1 atom stereocenters. The molecule has 0 unspecified atom stereocenters. The Morgan fingerprint density at radius 3 is 2.41 bits per heavy atom. The minimum atomic E-state index is -0.862. The number of methoxy groups -OCH3 is 2. The van der Waals surface area contributed by atoms with Crippen molar-refractivity contribution in [1.29, 1.82) is 0 Å². The lowest BCUT2D eigenvalue weighted by atomic mass is 9.93. The van der Waals surface area contributed by atoms with E-state index in [-0.39, 0.29) is 24.3 Å². The molecule has 0 N–H and O–H groups in total. The highest BCUT2D eigenvalue weighted by molar-refractivity contribution is 7.07. The van der Waals surface area contributed by atoms with Gasteiger partial charge in [0, 0.05) is 10.6 Å². The van der Waals surface area contributed by atoms with Crippen LogP contribution in [0.2, 0.25) is 15.1 Å². The summed E-state index contributed by atoms with van der Waals surface area (Å²) in [5.74, 6) is 0.934. The zero-order valence-corrected chi connectivity index (χ0v) is 28.6. The molecule has 8 nitrogen and oxygen atoms in total. The second kappa shape index (κ2) is 14.8. The van der Waals surface area contributed by atoms with Gasteiger partial charge in [0.15, 0.2) is 16.3 Å². The second-order valence-electron chi connectivity index (χ2n) is 10.2. The maximum Gasteiger partial charge on any atom is 0.338 e. The number of carbonyl (C=O) groups is 1. The molecule has 1 aromatic heterocycles. The van der Waals surface area contributed by atoms with Crippen LogP contribution in [-0.4, -0.2) is 31.4 Å². The van der Waals surface area contributed by atoms with Crippen LogP contribution in [0.3, 0.4) is 0 Å². The highest BCUT2D eigenvalue weighted by atomic mass is 35.5. The molecule has 12 heteroatoms. The number of ether oxygens (including phenoxy) is 4. The summed E-state index contributed by atoms with van der Waals surface area (Å²) in [5, 5.41) is 1.34. The Bertz CT molecular complexity index is 2000. The van der Waals surface area contributed by atoms with Crippen LogP contribution in [0.5, 0.6) is 17.2 Å². The number of hydrogen-bond donors (Lipinski definition) is 0. The predicted octanol–water partition coefficient (Wildman–Crippen LogP) is 7.13. The molecule has 2 heterocycles. The zero-order valence-electron chi connectivity index (χ0n) is 25.6. The fraction of sp³-hybridized carbons (Fsp3) is 0.265. The van der Waals surface area contributed by atoms with E-state index in [0.29, 0.717) is 64.9 Å². The first-order valence-corrected chi connectivity index (χ1v) is 16.4. The summed E-state index contributed by atoms with van der Waals surface area (Å²) in [7, 11) is 3.08. The first-order chi connectivity index (χ1) is 22.2. The topological polar surface area (TPSA) is 88.4 Å². The van der Waals surface area contributed by atoms with Gasteiger partial charge in [-0.25, -0.2) is 9.79 Å². The fourth-order valence-electron chi connectivity index (χ4n) is 5.17. The van der Waals surface area contributed by atoms with E-state index < -0.39 is 12.0 Å². The minimum Gasteiger partial charge on any atom is -0.496 e. The third kappa shape index (κ3) is 6.98. The minimum absolute atomic E-state index is 0.167. The van der Waals surface area contributed by atoms with Gasteiger partial charge in [0.2, 0.25) is 0 Å². The van der Waals surface area contributed by atoms with Crippen LogP contribution < -0.4 is 29.1 Å². The fourth-order valence-corrected chi connectivity index (χ4v) is 6.69. The Balaban J connectivity index is 1.60. The first kappa shape index (κ1) is 33.6. The van der Waals surface area contributed by atoms with Crippen LogP contribution >= 0.6 is 46.1 Å². The molecule has 0 radical (unpaired) electrons. The molecular weight excluding hydrogens is 671 g/mol. The number of benzene rings is 3. The van der Waals surface area contributed by atoms with Crippen molar-refractivity contribution in [2.75, 3.05) is 20.8 Å². The van der Waals surface area contributed by atoms with Crippen molar-refractivity contribution in [1.82, 2.24) is 4.57 Å².